The molecule has 2 aliphatic heterocycles. The molecule has 1 fully saturated rings. The van der Waals surface area contributed by atoms with Gasteiger partial charge in [-0.15, -0.1) is 0 Å². The number of nitrogens with one attached hydrogen (secondary N) is 2. The number of halogens is 1. The molecule has 2 heterocycles. The molecule has 0 bridgehead atoms. The van der Waals surface area contributed by atoms with Gasteiger partial charge in [-0.1, -0.05) is 35.9 Å². The first kappa shape index (κ1) is 26.9. The zero-order valence-electron chi connectivity index (χ0n) is 20.8. The van der Waals surface area contributed by atoms with Crippen LogP contribution in [0.5, 0.6) is 0 Å². The molecule has 2 aromatic carbocycles. The maximum Gasteiger partial charge on any atom is 0.408 e. The lowest BCUT2D eigenvalue weighted by molar-refractivity contribution is -0.130. The first-order valence-electron chi connectivity index (χ1n) is 12.6. The normalized spacial score (nSPS) is 19.1. The largest absolute Gasteiger partial charge is 0.465 e. The number of carbonyl (C=O) groups excluding carboxylic acids is 2. The number of carboxylic acid groups (broad SMARTS) is 1. The summed E-state index contributed by atoms with van der Waals surface area (Å²) in [6.07, 6.45) is 0.433. The Bertz CT molecular complexity index is 1150. The van der Waals surface area contributed by atoms with Crippen LogP contribution in [0.15, 0.2) is 42.5 Å². The van der Waals surface area contributed by atoms with Crippen LogP contribution in [0.2, 0.25) is 5.02 Å². The summed E-state index contributed by atoms with van der Waals surface area (Å²) >= 11 is 6.11. The van der Waals surface area contributed by atoms with Crippen molar-refractivity contribution in [2.24, 2.45) is 0 Å². The van der Waals surface area contributed by atoms with Crippen LogP contribution in [0.1, 0.15) is 36.0 Å². The standard InChI is InChI=1S/C27H33ClN4O5/c1-17-14-20(6-7-22(17)28)29-25(34)23(10-13-31-11-8-21(33)9-12-31)30-26(35)24-15-18-4-2-3-5-19(18)16-32(24)27(36)37/h2-7,14,21,23-24,33H,8-13,15-16H2,1H3,(H,29,34)(H,30,35)(H,36,37). The number of aliphatic hydroxyl groups excluding tert-OH is 1. The van der Waals surface area contributed by atoms with Gasteiger partial charge in [-0.05, 0) is 61.1 Å². The van der Waals surface area contributed by atoms with Crippen molar-refractivity contribution >= 4 is 35.2 Å². The van der Waals surface area contributed by atoms with Gasteiger partial charge in [-0.3, -0.25) is 14.5 Å². The first-order valence-corrected chi connectivity index (χ1v) is 12.9. The fourth-order valence-electron chi connectivity index (χ4n) is 4.90. The fourth-order valence-corrected chi connectivity index (χ4v) is 5.02. The number of aryl methyl sites for hydroxylation is 1. The van der Waals surface area contributed by atoms with Crippen molar-refractivity contribution in [3.8, 4) is 0 Å². The van der Waals surface area contributed by atoms with Crippen LogP contribution in [-0.4, -0.2) is 75.7 Å². The summed E-state index contributed by atoms with van der Waals surface area (Å²) in [5.74, 6) is -0.886. The molecule has 0 spiro atoms. The van der Waals surface area contributed by atoms with Crippen LogP contribution in [-0.2, 0) is 22.6 Å². The minimum Gasteiger partial charge on any atom is -0.465 e. The van der Waals surface area contributed by atoms with Crippen molar-refractivity contribution in [1.82, 2.24) is 15.1 Å². The predicted molar refractivity (Wildman–Crippen MR) is 141 cm³/mol. The van der Waals surface area contributed by atoms with E-state index in [9.17, 15) is 24.6 Å². The third-order valence-electron chi connectivity index (χ3n) is 7.15. The Hall–Kier alpha value is -3.14. The van der Waals surface area contributed by atoms with E-state index in [1.807, 2.05) is 31.2 Å². The number of likely N-dealkylation sites (tertiary alicyclic amines) is 1. The molecule has 2 aromatic rings. The third kappa shape index (κ3) is 6.80. The zero-order chi connectivity index (χ0) is 26.5. The van der Waals surface area contributed by atoms with E-state index in [1.165, 1.54) is 0 Å². The SMILES string of the molecule is Cc1cc(NC(=O)C(CCN2CCC(O)CC2)NC(=O)C2Cc3ccccc3CN2C(=O)O)ccc1Cl. The molecular formula is C27H33ClN4O5. The van der Waals surface area contributed by atoms with Gasteiger partial charge in [0.25, 0.3) is 0 Å². The average molecular weight is 529 g/mol. The van der Waals surface area contributed by atoms with Gasteiger partial charge in [-0.25, -0.2) is 4.79 Å². The van der Waals surface area contributed by atoms with Crippen molar-refractivity contribution < 1.29 is 24.6 Å². The Morgan fingerprint density at radius 2 is 1.81 bits per heavy atom. The van der Waals surface area contributed by atoms with Crippen molar-refractivity contribution in [1.29, 1.82) is 0 Å². The topological polar surface area (TPSA) is 122 Å². The van der Waals surface area contributed by atoms with Gasteiger partial charge in [0.05, 0.1) is 12.6 Å². The second kappa shape index (κ2) is 11.9. The summed E-state index contributed by atoms with van der Waals surface area (Å²) in [5, 5.41) is 25.9. The van der Waals surface area contributed by atoms with Gasteiger partial charge in [0, 0.05) is 36.8 Å². The quantitative estimate of drug-likeness (QED) is 0.438. The zero-order valence-corrected chi connectivity index (χ0v) is 21.6. The second-order valence-electron chi connectivity index (χ2n) is 9.77. The predicted octanol–water partition coefficient (Wildman–Crippen LogP) is 3.02. The summed E-state index contributed by atoms with van der Waals surface area (Å²) in [5.41, 5.74) is 3.16. The molecule has 2 atom stereocenters. The van der Waals surface area contributed by atoms with E-state index >= 15 is 0 Å². The lowest BCUT2D eigenvalue weighted by Gasteiger charge is -2.35. The van der Waals surface area contributed by atoms with E-state index in [1.54, 1.807) is 18.2 Å². The van der Waals surface area contributed by atoms with Crippen LogP contribution in [0.25, 0.3) is 0 Å². The summed E-state index contributed by atoms with van der Waals surface area (Å²) in [6, 6.07) is 10.8. The maximum atomic E-state index is 13.4. The number of hydrogen-bond acceptors (Lipinski definition) is 5. The molecule has 1 saturated heterocycles. The highest BCUT2D eigenvalue weighted by Gasteiger charge is 2.36. The highest BCUT2D eigenvalue weighted by atomic mass is 35.5. The minimum absolute atomic E-state index is 0.112. The van der Waals surface area contributed by atoms with Crippen molar-refractivity contribution in [3.63, 3.8) is 0 Å². The molecule has 37 heavy (non-hydrogen) atoms. The Morgan fingerprint density at radius 1 is 1.11 bits per heavy atom. The number of amides is 3. The molecule has 0 radical (unpaired) electrons. The lowest BCUT2D eigenvalue weighted by Crippen LogP contribution is -2.56. The number of rotatable bonds is 7. The maximum absolute atomic E-state index is 13.4. The summed E-state index contributed by atoms with van der Waals surface area (Å²) in [4.78, 5) is 42.0. The first-order chi connectivity index (χ1) is 17.7. The highest BCUT2D eigenvalue weighted by molar-refractivity contribution is 6.31. The molecule has 2 unspecified atom stereocenters. The number of carbonyl (C=O) groups is 3. The molecule has 198 valence electrons. The van der Waals surface area contributed by atoms with Gasteiger partial charge in [-0.2, -0.15) is 0 Å². The Labute approximate surface area is 221 Å². The van der Waals surface area contributed by atoms with E-state index in [4.69, 9.17) is 11.6 Å². The molecule has 9 nitrogen and oxygen atoms in total. The molecule has 4 rings (SSSR count). The number of nitrogens with zero attached hydrogens (tertiary/aromatic N) is 2. The van der Waals surface area contributed by atoms with E-state index < -0.39 is 24.1 Å². The molecule has 4 N–H and O–H groups in total. The summed E-state index contributed by atoms with van der Waals surface area (Å²) in [6.45, 7) is 3.93. The van der Waals surface area contributed by atoms with Crippen LogP contribution in [0, 0.1) is 6.92 Å². The monoisotopic (exact) mass is 528 g/mol. The van der Waals surface area contributed by atoms with Gasteiger partial charge in [0.1, 0.15) is 12.1 Å². The van der Waals surface area contributed by atoms with Gasteiger partial charge >= 0.3 is 6.09 Å². The van der Waals surface area contributed by atoms with Gasteiger partial charge in [0.2, 0.25) is 11.8 Å². The number of hydrogen-bond donors (Lipinski definition) is 4. The molecule has 0 saturated carbocycles. The fraction of sp³-hybridized carbons (Fsp3) is 0.444. The molecular weight excluding hydrogens is 496 g/mol. The Kier molecular flexibility index (Phi) is 8.68. The number of benzene rings is 2. The van der Waals surface area contributed by atoms with E-state index in [2.05, 4.69) is 15.5 Å². The number of piperidine rings is 1. The van der Waals surface area contributed by atoms with Crippen LogP contribution >= 0.6 is 11.6 Å². The summed E-state index contributed by atoms with van der Waals surface area (Å²) < 4.78 is 0. The van der Waals surface area contributed by atoms with Crippen molar-refractivity contribution in [3.05, 3.63) is 64.2 Å². The number of aliphatic hydroxyl groups is 1. The lowest BCUT2D eigenvalue weighted by atomic mass is 9.93. The van der Waals surface area contributed by atoms with E-state index in [0.717, 1.165) is 21.6 Å². The van der Waals surface area contributed by atoms with Crippen molar-refractivity contribution in [2.45, 2.75) is 57.3 Å². The minimum atomic E-state index is -1.18. The van der Waals surface area contributed by atoms with Gasteiger partial charge in [0.15, 0.2) is 0 Å². The van der Waals surface area contributed by atoms with Crippen LogP contribution in [0.3, 0.4) is 0 Å². The molecule has 0 aromatic heterocycles. The molecule has 2 aliphatic rings. The average Bonchev–Trinajstić information content (AvgIpc) is 2.88. The van der Waals surface area contributed by atoms with E-state index in [0.29, 0.717) is 49.6 Å². The molecule has 0 aliphatic carbocycles. The van der Waals surface area contributed by atoms with Crippen LogP contribution in [0.4, 0.5) is 10.5 Å². The Morgan fingerprint density at radius 3 is 2.49 bits per heavy atom. The smallest absolute Gasteiger partial charge is 0.408 e. The second-order valence-corrected chi connectivity index (χ2v) is 10.2. The van der Waals surface area contributed by atoms with E-state index in [-0.39, 0.29) is 25.0 Å². The van der Waals surface area contributed by atoms with Crippen molar-refractivity contribution in [2.75, 3.05) is 25.0 Å². The van der Waals surface area contributed by atoms with Crippen LogP contribution < -0.4 is 10.6 Å². The molecule has 10 heteroatoms. The number of anilines is 1. The highest BCUT2D eigenvalue weighted by Crippen LogP contribution is 2.24. The molecule has 3 amide bonds. The summed E-state index contributed by atoms with van der Waals surface area (Å²) in [7, 11) is 0. The van der Waals surface area contributed by atoms with Gasteiger partial charge < -0.3 is 25.7 Å². The Balaban J connectivity index is 1.49. The third-order valence-corrected chi connectivity index (χ3v) is 7.57. The number of fused-ring (bicyclic) bond motifs is 1.